The molecule has 1 nitrogen and oxygen atoms in total. The van der Waals surface area contributed by atoms with E-state index in [-0.39, 0.29) is 0 Å². The molecular formula is C21H32O. The molecule has 0 aromatic heterocycles. The first-order valence-electron chi connectivity index (χ1n) is 9.06. The van der Waals surface area contributed by atoms with Crippen molar-refractivity contribution in [3.05, 3.63) is 41.5 Å². The van der Waals surface area contributed by atoms with Crippen LogP contribution in [0, 0.1) is 5.92 Å². The molecule has 0 N–H and O–H groups in total. The molecule has 1 aromatic carbocycles. The first-order valence-corrected chi connectivity index (χ1v) is 9.06. The molecule has 0 atom stereocenters. The van der Waals surface area contributed by atoms with Gasteiger partial charge in [0, 0.05) is 0 Å². The van der Waals surface area contributed by atoms with E-state index in [1.54, 1.807) is 7.11 Å². The highest BCUT2D eigenvalue weighted by atomic mass is 16.5. The van der Waals surface area contributed by atoms with Crippen LogP contribution in [0.15, 0.2) is 30.4 Å². The summed E-state index contributed by atoms with van der Waals surface area (Å²) in [7, 11) is 1.78. The van der Waals surface area contributed by atoms with Gasteiger partial charge in [0.25, 0.3) is 0 Å². The van der Waals surface area contributed by atoms with Crippen LogP contribution in [0.1, 0.15) is 75.8 Å². The van der Waals surface area contributed by atoms with Gasteiger partial charge in [-0.05, 0) is 80.9 Å². The lowest BCUT2D eigenvalue weighted by Crippen LogP contribution is -2.13. The van der Waals surface area contributed by atoms with Gasteiger partial charge in [-0.3, -0.25) is 0 Å². The monoisotopic (exact) mass is 300 g/mol. The fourth-order valence-electron chi connectivity index (χ4n) is 3.80. The second-order valence-electron chi connectivity index (χ2n) is 6.69. The molecule has 0 radical (unpaired) electrons. The van der Waals surface area contributed by atoms with Crippen molar-refractivity contribution in [2.75, 3.05) is 7.11 Å². The van der Waals surface area contributed by atoms with Crippen LogP contribution in [0.25, 0.3) is 0 Å². The number of hydrogen-bond donors (Lipinski definition) is 0. The lowest BCUT2D eigenvalue weighted by atomic mass is 9.77. The van der Waals surface area contributed by atoms with Crippen LogP contribution < -0.4 is 4.74 Å². The van der Waals surface area contributed by atoms with Gasteiger partial charge in [-0.1, -0.05) is 37.6 Å². The Morgan fingerprint density at radius 1 is 1.18 bits per heavy atom. The van der Waals surface area contributed by atoms with Crippen LogP contribution in [-0.2, 0) is 6.42 Å². The third-order valence-corrected chi connectivity index (χ3v) is 5.12. The first kappa shape index (κ1) is 17.1. The fourth-order valence-corrected chi connectivity index (χ4v) is 3.80. The van der Waals surface area contributed by atoms with Crippen LogP contribution in [-0.4, -0.2) is 7.11 Å². The Labute approximate surface area is 136 Å². The SMILES string of the molecule is CC=CCCC1CCC(c2ccc(OC)c(CCC)c2)CC1. The Balaban J connectivity index is 1.94. The van der Waals surface area contributed by atoms with E-state index < -0.39 is 0 Å². The van der Waals surface area contributed by atoms with Crippen molar-refractivity contribution < 1.29 is 4.74 Å². The minimum atomic E-state index is 0.763. The molecule has 1 aliphatic rings. The lowest BCUT2D eigenvalue weighted by molar-refractivity contribution is 0.311. The minimum Gasteiger partial charge on any atom is -0.496 e. The van der Waals surface area contributed by atoms with Crippen molar-refractivity contribution in [2.24, 2.45) is 5.92 Å². The molecule has 122 valence electrons. The van der Waals surface area contributed by atoms with Crippen molar-refractivity contribution in [3.8, 4) is 5.75 Å². The number of rotatable bonds is 7. The summed E-state index contributed by atoms with van der Waals surface area (Å²) >= 11 is 0. The van der Waals surface area contributed by atoms with E-state index in [1.807, 2.05) is 0 Å². The highest BCUT2D eigenvalue weighted by Gasteiger charge is 2.22. The number of methoxy groups -OCH3 is 1. The van der Waals surface area contributed by atoms with Crippen molar-refractivity contribution >= 4 is 0 Å². The van der Waals surface area contributed by atoms with Crippen molar-refractivity contribution in [3.63, 3.8) is 0 Å². The quantitative estimate of drug-likeness (QED) is 0.539. The highest BCUT2D eigenvalue weighted by molar-refractivity contribution is 5.38. The number of hydrogen-bond acceptors (Lipinski definition) is 1. The smallest absolute Gasteiger partial charge is 0.122 e. The predicted molar refractivity (Wildman–Crippen MR) is 95.7 cm³/mol. The van der Waals surface area contributed by atoms with Crippen molar-refractivity contribution in [1.29, 1.82) is 0 Å². The van der Waals surface area contributed by atoms with Gasteiger partial charge in [-0.25, -0.2) is 0 Å². The third-order valence-electron chi connectivity index (χ3n) is 5.12. The molecule has 2 rings (SSSR count). The molecule has 0 saturated heterocycles. The molecule has 0 unspecified atom stereocenters. The van der Waals surface area contributed by atoms with E-state index in [9.17, 15) is 0 Å². The Bertz CT molecular complexity index is 467. The number of benzene rings is 1. The molecule has 1 fully saturated rings. The molecule has 0 aliphatic heterocycles. The van der Waals surface area contributed by atoms with Crippen LogP contribution >= 0.6 is 0 Å². The maximum atomic E-state index is 5.51. The summed E-state index contributed by atoms with van der Waals surface area (Å²) in [5.74, 6) is 2.77. The molecule has 0 amide bonds. The van der Waals surface area contributed by atoms with Crippen LogP contribution in [0.5, 0.6) is 5.75 Å². The van der Waals surface area contributed by atoms with Crippen LogP contribution in [0.3, 0.4) is 0 Å². The third kappa shape index (κ3) is 4.63. The molecule has 1 aliphatic carbocycles. The highest BCUT2D eigenvalue weighted by Crippen LogP contribution is 2.38. The van der Waals surface area contributed by atoms with Gasteiger partial charge in [0.1, 0.15) is 5.75 Å². The zero-order valence-electron chi connectivity index (χ0n) is 14.6. The Hall–Kier alpha value is -1.24. The molecule has 1 saturated carbocycles. The molecule has 0 bridgehead atoms. The summed E-state index contributed by atoms with van der Waals surface area (Å²) in [6.07, 6.45) is 14.9. The summed E-state index contributed by atoms with van der Waals surface area (Å²) in [5, 5.41) is 0. The molecule has 0 heterocycles. The van der Waals surface area contributed by atoms with Gasteiger partial charge in [0.2, 0.25) is 0 Å². The summed E-state index contributed by atoms with van der Waals surface area (Å²) in [6.45, 7) is 4.36. The normalized spacial score (nSPS) is 22.1. The predicted octanol–water partition coefficient (Wildman–Crippen LogP) is 6.28. The maximum absolute atomic E-state index is 5.51. The number of aryl methyl sites for hydroxylation is 1. The van der Waals surface area contributed by atoms with Gasteiger partial charge in [0.15, 0.2) is 0 Å². The van der Waals surface area contributed by atoms with Gasteiger partial charge in [-0.15, -0.1) is 0 Å². The van der Waals surface area contributed by atoms with Crippen LogP contribution in [0.4, 0.5) is 0 Å². The molecule has 22 heavy (non-hydrogen) atoms. The van der Waals surface area contributed by atoms with Gasteiger partial charge in [-0.2, -0.15) is 0 Å². The summed E-state index contributed by atoms with van der Waals surface area (Å²) in [6, 6.07) is 6.88. The van der Waals surface area contributed by atoms with Gasteiger partial charge in [0.05, 0.1) is 7.11 Å². The van der Waals surface area contributed by atoms with E-state index in [2.05, 4.69) is 44.2 Å². The molecule has 1 aromatic rings. The minimum absolute atomic E-state index is 0.763. The summed E-state index contributed by atoms with van der Waals surface area (Å²) < 4.78 is 5.51. The standard InChI is InChI=1S/C21H32O/c1-4-6-7-9-17-10-12-18(13-11-17)19-14-15-21(22-3)20(16-19)8-5-2/h4,6,14-18H,5,7-13H2,1-3H3. The number of ether oxygens (including phenoxy) is 1. The molecular weight excluding hydrogens is 268 g/mol. The second-order valence-corrected chi connectivity index (χ2v) is 6.69. The van der Waals surface area contributed by atoms with E-state index >= 15 is 0 Å². The van der Waals surface area contributed by atoms with E-state index in [4.69, 9.17) is 4.74 Å². The van der Waals surface area contributed by atoms with E-state index in [0.717, 1.165) is 24.0 Å². The van der Waals surface area contributed by atoms with Gasteiger partial charge >= 0.3 is 0 Å². The average Bonchev–Trinajstić information content (AvgIpc) is 2.56. The maximum Gasteiger partial charge on any atom is 0.122 e. The van der Waals surface area contributed by atoms with Crippen LogP contribution in [0.2, 0.25) is 0 Å². The van der Waals surface area contributed by atoms with E-state index in [1.165, 1.54) is 56.1 Å². The largest absolute Gasteiger partial charge is 0.496 e. The van der Waals surface area contributed by atoms with E-state index in [0.29, 0.717) is 0 Å². The fraction of sp³-hybridized carbons (Fsp3) is 0.619. The average molecular weight is 300 g/mol. The zero-order chi connectivity index (χ0) is 15.8. The Kier molecular flexibility index (Phi) is 7.02. The van der Waals surface area contributed by atoms with Crippen molar-refractivity contribution in [2.45, 2.75) is 71.1 Å². The first-order chi connectivity index (χ1) is 10.8. The molecule has 1 heteroatoms. The summed E-state index contributed by atoms with van der Waals surface area (Å²) in [5.41, 5.74) is 2.92. The second kappa shape index (κ2) is 9.02. The molecule has 0 spiro atoms. The van der Waals surface area contributed by atoms with Crippen molar-refractivity contribution in [1.82, 2.24) is 0 Å². The summed E-state index contributed by atoms with van der Waals surface area (Å²) in [4.78, 5) is 0. The Morgan fingerprint density at radius 2 is 1.95 bits per heavy atom. The Morgan fingerprint density at radius 3 is 2.59 bits per heavy atom. The zero-order valence-corrected chi connectivity index (χ0v) is 14.6. The number of allylic oxidation sites excluding steroid dienone is 2. The lowest BCUT2D eigenvalue weighted by Gasteiger charge is -2.29. The van der Waals surface area contributed by atoms with Gasteiger partial charge < -0.3 is 4.74 Å². The topological polar surface area (TPSA) is 9.23 Å².